The van der Waals surface area contributed by atoms with Gasteiger partial charge in [0.2, 0.25) is 11.8 Å². The molecule has 26 heavy (non-hydrogen) atoms. The van der Waals surface area contributed by atoms with E-state index in [2.05, 4.69) is 4.74 Å². The van der Waals surface area contributed by atoms with Crippen LogP contribution in [0.5, 0.6) is 0 Å². The van der Waals surface area contributed by atoms with Crippen molar-refractivity contribution in [2.24, 2.45) is 5.92 Å². The third-order valence-electron chi connectivity index (χ3n) is 5.19. The van der Waals surface area contributed by atoms with Gasteiger partial charge in [-0.2, -0.15) is 0 Å². The molecule has 0 aromatic heterocycles. The van der Waals surface area contributed by atoms with Gasteiger partial charge in [0.15, 0.2) is 0 Å². The van der Waals surface area contributed by atoms with Crippen LogP contribution in [0, 0.1) is 11.7 Å². The molecule has 1 heterocycles. The van der Waals surface area contributed by atoms with Crippen LogP contribution in [-0.2, 0) is 25.5 Å². The number of piperidine rings is 1. The number of halogens is 1. The second-order valence-electron chi connectivity index (χ2n) is 7.15. The molecule has 0 bridgehead atoms. The van der Waals surface area contributed by atoms with Crippen LogP contribution in [-0.4, -0.2) is 29.8 Å². The van der Waals surface area contributed by atoms with Crippen molar-refractivity contribution in [1.82, 2.24) is 4.90 Å². The van der Waals surface area contributed by atoms with Crippen LogP contribution >= 0.6 is 0 Å². The maximum Gasteiger partial charge on any atom is 0.310 e. The Balaban J connectivity index is 1.89. The molecule has 3 rings (SSSR count). The van der Waals surface area contributed by atoms with Gasteiger partial charge >= 0.3 is 5.97 Å². The van der Waals surface area contributed by atoms with E-state index in [1.807, 2.05) is 0 Å². The number of hydrogen-bond acceptors (Lipinski definition) is 4. The molecule has 0 spiro atoms. The largest absolute Gasteiger partial charge is 0.469 e. The fraction of sp³-hybridized carbons (Fsp3) is 0.550. The molecule has 2 fully saturated rings. The number of benzene rings is 1. The van der Waals surface area contributed by atoms with Crippen molar-refractivity contribution >= 4 is 17.8 Å². The summed E-state index contributed by atoms with van der Waals surface area (Å²) in [7, 11) is 1.26. The van der Waals surface area contributed by atoms with Crippen LogP contribution in [0.2, 0.25) is 0 Å². The molecule has 1 aliphatic heterocycles. The predicted molar refractivity (Wildman–Crippen MR) is 92.5 cm³/mol. The molecule has 2 amide bonds. The van der Waals surface area contributed by atoms with Crippen molar-refractivity contribution < 1.29 is 23.5 Å². The van der Waals surface area contributed by atoms with Gasteiger partial charge in [-0.1, -0.05) is 25.0 Å². The van der Waals surface area contributed by atoms with Crippen LogP contribution in [0.3, 0.4) is 0 Å². The summed E-state index contributed by atoms with van der Waals surface area (Å²) in [6.45, 7) is 0. The second-order valence-corrected chi connectivity index (χ2v) is 7.15. The van der Waals surface area contributed by atoms with Crippen molar-refractivity contribution in [3.8, 4) is 0 Å². The van der Waals surface area contributed by atoms with Gasteiger partial charge in [-0.15, -0.1) is 0 Å². The number of esters is 1. The summed E-state index contributed by atoms with van der Waals surface area (Å²) < 4.78 is 18.7. The first-order chi connectivity index (χ1) is 12.5. The summed E-state index contributed by atoms with van der Waals surface area (Å²) in [5, 5.41) is 0. The monoisotopic (exact) mass is 361 g/mol. The minimum Gasteiger partial charge on any atom is -0.469 e. The summed E-state index contributed by atoms with van der Waals surface area (Å²) in [5.41, 5.74) is 0.928. The van der Waals surface area contributed by atoms with Crippen molar-refractivity contribution in [3.05, 3.63) is 35.1 Å². The molecule has 0 radical (unpaired) electrons. The number of carbonyl (C=O) groups excluding carboxylic acids is 3. The molecule has 1 unspecified atom stereocenters. The van der Waals surface area contributed by atoms with Gasteiger partial charge in [-0.05, 0) is 42.4 Å². The number of likely N-dealkylation sites (tertiary alicyclic amines) is 1. The smallest absolute Gasteiger partial charge is 0.310 e. The predicted octanol–water partition coefficient (Wildman–Crippen LogP) is 3.31. The maximum absolute atomic E-state index is 14.1. The zero-order chi connectivity index (χ0) is 18.7. The average Bonchev–Trinajstić information content (AvgIpc) is 3.44. The summed E-state index contributed by atoms with van der Waals surface area (Å²) in [4.78, 5) is 37.7. The molecule has 0 N–H and O–H groups in total. The SMILES string of the molecule is COC(=O)Cc1cc(C(CCC2CC2)N2C(=O)CCCC2=O)ccc1F. The van der Waals surface area contributed by atoms with Crippen LogP contribution in [0.25, 0.3) is 0 Å². The Morgan fingerprint density at radius 1 is 1.27 bits per heavy atom. The average molecular weight is 361 g/mol. The first-order valence-electron chi connectivity index (χ1n) is 9.19. The molecular weight excluding hydrogens is 337 g/mol. The van der Waals surface area contributed by atoms with Crippen LogP contribution in [0.1, 0.15) is 62.1 Å². The van der Waals surface area contributed by atoms with Crippen molar-refractivity contribution in [1.29, 1.82) is 0 Å². The molecule has 2 aliphatic rings. The first-order valence-corrected chi connectivity index (χ1v) is 9.19. The van der Waals surface area contributed by atoms with Crippen LogP contribution < -0.4 is 0 Å². The number of imide groups is 1. The van der Waals surface area contributed by atoms with Gasteiger partial charge in [0.1, 0.15) is 5.82 Å². The van der Waals surface area contributed by atoms with E-state index in [-0.39, 0.29) is 23.8 Å². The number of nitrogens with zero attached hydrogens (tertiary/aromatic N) is 1. The standard InChI is InChI=1S/C20H24FNO4/c1-26-20(25)12-15-11-14(8-9-16(15)21)17(10-7-13-5-6-13)22-18(23)3-2-4-19(22)24/h8-9,11,13,17H,2-7,10,12H2,1H3. The highest BCUT2D eigenvalue weighted by Gasteiger charge is 2.35. The molecule has 1 aromatic rings. The topological polar surface area (TPSA) is 63.7 Å². The molecule has 1 aliphatic carbocycles. The van der Waals surface area contributed by atoms with E-state index in [0.29, 0.717) is 37.2 Å². The molecule has 1 saturated carbocycles. The van der Waals surface area contributed by atoms with E-state index in [0.717, 1.165) is 6.42 Å². The van der Waals surface area contributed by atoms with E-state index >= 15 is 0 Å². The molecule has 1 atom stereocenters. The molecule has 1 saturated heterocycles. The Morgan fingerprint density at radius 3 is 2.58 bits per heavy atom. The Hall–Kier alpha value is -2.24. The normalized spacial score (nSPS) is 18.8. The maximum atomic E-state index is 14.1. The third-order valence-corrected chi connectivity index (χ3v) is 5.19. The van der Waals surface area contributed by atoms with Crippen LogP contribution in [0.15, 0.2) is 18.2 Å². The van der Waals surface area contributed by atoms with Gasteiger partial charge in [-0.25, -0.2) is 4.39 Å². The summed E-state index contributed by atoms with van der Waals surface area (Å²) in [6.07, 6.45) is 5.12. The fourth-order valence-electron chi connectivity index (χ4n) is 3.53. The highest BCUT2D eigenvalue weighted by atomic mass is 19.1. The summed E-state index contributed by atoms with van der Waals surface area (Å²) in [6, 6.07) is 4.12. The Bertz CT molecular complexity index is 698. The Labute approximate surface area is 152 Å². The molecule has 140 valence electrons. The van der Waals surface area contributed by atoms with Crippen molar-refractivity contribution in [2.45, 2.75) is 57.4 Å². The zero-order valence-corrected chi connectivity index (χ0v) is 15.0. The lowest BCUT2D eigenvalue weighted by Gasteiger charge is -2.33. The number of ether oxygens (including phenoxy) is 1. The third kappa shape index (κ3) is 4.29. The number of rotatable bonds is 7. The van der Waals surface area contributed by atoms with E-state index in [1.54, 1.807) is 12.1 Å². The molecule has 6 heteroatoms. The summed E-state index contributed by atoms with van der Waals surface area (Å²) in [5.74, 6) is -0.693. The second kappa shape index (κ2) is 7.98. The fourth-order valence-corrected chi connectivity index (χ4v) is 3.53. The Kier molecular flexibility index (Phi) is 5.69. The lowest BCUT2D eigenvalue weighted by atomic mass is 9.94. The van der Waals surface area contributed by atoms with Crippen molar-refractivity contribution in [3.63, 3.8) is 0 Å². The molecule has 5 nitrogen and oxygen atoms in total. The number of hydrogen-bond donors (Lipinski definition) is 0. The van der Waals surface area contributed by atoms with Gasteiger partial charge in [0, 0.05) is 12.8 Å². The minimum atomic E-state index is -0.527. The quantitative estimate of drug-likeness (QED) is 0.552. The lowest BCUT2D eigenvalue weighted by Crippen LogP contribution is -2.42. The summed E-state index contributed by atoms with van der Waals surface area (Å²) >= 11 is 0. The number of methoxy groups -OCH3 is 1. The van der Waals surface area contributed by atoms with E-state index < -0.39 is 17.8 Å². The van der Waals surface area contributed by atoms with Gasteiger partial charge in [-0.3, -0.25) is 19.3 Å². The van der Waals surface area contributed by atoms with Gasteiger partial charge < -0.3 is 4.74 Å². The van der Waals surface area contributed by atoms with Gasteiger partial charge in [0.25, 0.3) is 0 Å². The van der Waals surface area contributed by atoms with Crippen LogP contribution in [0.4, 0.5) is 4.39 Å². The number of carbonyl (C=O) groups is 3. The lowest BCUT2D eigenvalue weighted by molar-refractivity contribution is -0.151. The molecular formula is C20H24FNO4. The van der Waals surface area contributed by atoms with E-state index in [9.17, 15) is 18.8 Å². The number of amides is 2. The zero-order valence-electron chi connectivity index (χ0n) is 15.0. The van der Waals surface area contributed by atoms with Crippen molar-refractivity contribution in [2.75, 3.05) is 7.11 Å². The minimum absolute atomic E-state index is 0.166. The van der Waals surface area contributed by atoms with Gasteiger partial charge in [0.05, 0.1) is 19.6 Å². The highest BCUT2D eigenvalue weighted by Crippen LogP contribution is 2.39. The highest BCUT2D eigenvalue weighted by molar-refractivity contribution is 5.98. The molecule has 1 aromatic carbocycles. The Morgan fingerprint density at radius 2 is 1.96 bits per heavy atom. The van der Waals surface area contributed by atoms with E-state index in [1.165, 1.54) is 30.9 Å². The first kappa shape index (κ1) is 18.5. The van der Waals surface area contributed by atoms with E-state index in [4.69, 9.17) is 0 Å².